The second-order valence-corrected chi connectivity index (χ2v) is 7.15. The fraction of sp³-hybridized carbons (Fsp3) is 0.300. The SMILES string of the molecule is CC(C)n1cccc1[C@@H]1[C@H](c2ccccn2)NC(=S)N1Cc1ccco1. The van der Waals surface area contributed by atoms with E-state index < -0.39 is 0 Å². The summed E-state index contributed by atoms with van der Waals surface area (Å²) in [7, 11) is 0. The van der Waals surface area contributed by atoms with Gasteiger partial charge in [-0.25, -0.2) is 0 Å². The maximum atomic E-state index is 5.69. The Labute approximate surface area is 158 Å². The zero-order valence-electron chi connectivity index (χ0n) is 14.9. The van der Waals surface area contributed by atoms with Gasteiger partial charge >= 0.3 is 0 Å². The van der Waals surface area contributed by atoms with Crippen LogP contribution in [0.2, 0.25) is 0 Å². The molecule has 1 aliphatic rings. The first-order chi connectivity index (χ1) is 12.6. The first-order valence-electron chi connectivity index (χ1n) is 8.82. The number of rotatable bonds is 5. The van der Waals surface area contributed by atoms with Crippen molar-refractivity contribution < 1.29 is 4.42 Å². The number of aromatic nitrogens is 2. The van der Waals surface area contributed by atoms with Crippen LogP contribution < -0.4 is 5.32 Å². The third-order valence-electron chi connectivity index (χ3n) is 4.78. The lowest BCUT2D eigenvalue weighted by Gasteiger charge is -2.29. The summed E-state index contributed by atoms with van der Waals surface area (Å²) in [5, 5.41) is 4.20. The topological polar surface area (TPSA) is 46.2 Å². The molecule has 0 bridgehead atoms. The Morgan fingerprint density at radius 1 is 1.19 bits per heavy atom. The first-order valence-corrected chi connectivity index (χ1v) is 9.23. The molecule has 0 aromatic carbocycles. The van der Waals surface area contributed by atoms with E-state index in [9.17, 15) is 0 Å². The maximum absolute atomic E-state index is 5.69. The van der Waals surface area contributed by atoms with Crippen molar-refractivity contribution in [3.05, 3.63) is 78.3 Å². The number of nitrogens with zero attached hydrogens (tertiary/aromatic N) is 3. The van der Waals surface area contributed by atoms with E-state index in [1.54, 1.807) is 6.26 Å². The molecule has 0 spiro atoms. The Hall–Kier alpha value is -2.60. The maximum Gasteiger partial charge on any atom is 0.170 e. The van der Waals surface area contributed by atoms with Crippen molar-refractivity contribution in [1.29, 1.82) is 0 Å². The average Bonchev–Trinajstić information content (AvgIpc) is 3.37. The summed E-state index contributed by atoms with van der Waals surface area (Å²) in [4.78, 5) is 6.78. The van der Waals surface area contributed by atoms with Crippen LogP contribution in [0, 0.1) is 0 Å². The van der Waals surface area contributed by atoms with Gasteiger partial charge in [-0.2, -0.15) is 0 Å². The standard InChI is InChI=1S/C20H22N4OS/c1-14(2)23-11-5-9-17(23)19-18(16-8-3-4-10-21-16)22-20(26)24(19)13-15-7-6-12-25-15/h3-12,14,18-19H,13H2,1-2H3,(H,22,26)/t18-,19+/m0/s1. The number of thiocarbonyl (C=S) groups is 1. The highest BCUT2D eigenvalue weighted by atomic mass is 32.1. The molecule has 134 valence electrons. The lowest BCUT2D eigenvalue weighted by molar-refractivity contribution is 0.273. The minimum atomic E-state index is -0.00828. The molecule has 6 heteroatoms. The van der Waals surface area contributed by atoms with Crippen LogP contribution in [-0.4, -0.2) is 19.6 Å². The van der Waals surface area contributed by atoms with E-state index in [1.807, 2.05) is 36.5 Å². The second kappa shape index (κ2) is 6.96. The van der Waals surface area contributed by atoms with Crippen molar-refractivity contribution in [3.8, 4) is 0 Å². The summed E-state index contributed by atoms with van der Waals surface area (Å²) in [6.07, 6.45) is 5.65. The summed E-state index contributed by atoms with van der Waals surface area (Å²) in [6.45, 7) is 5.00. The van der Waals surface area contributed by atoms with Crippen LogP contribution >= 0.6 is 12.2 Å². The molecule has 2 atom stereocenters. The Balaban J connectivity index is 1.77. The van der Waals surface area contributed by atoms with E-state index in [0.717, 1.165) is 16.6 Å². The summed E-state index contributed by atoms with van der Waals surface area (Å²) in [5.41, 5.74) is 2.20. The number of nitrogens with one attached hydrogen (secondary N) is 1. The third kappa shape index (κ3) is 3.01. The van der Waals surface area contributed by atoms with E-state index in [4.69, 9.17) is 16.6 Å². The van der Waals surface area contributed by atoms with Gasteiger partial charge in [0.15, 0.2) is 5.11 Å². The first kappa shape index (κ1) is 16.8. The van der Waals surface area contributed by atoms with Crippen molar-refractivity contribution in [3.63, 3.8) is 0 Å². The summed E-state index contributed by atoms with van der Waals surface area (Å²) in [6, 6.07) is 14.5. The molecule has 0 amide bonds. The fourth-order valence-electron chi connectivity index (χ4n) is 3.60. The molecule has 0 aliphatic carbocycles. The molecule has 0 radical (unpaired) electrons. The van der Waals surface area contributed by atoms with Crippen molar-refractivity contribution in [1.82, 2.24) is 19.8 Å². The Kier molecular flexibility index (Phi) is 4.51. The largest absolute Gasteiger partial charge is 0.467 e. The van der Waals surface area contributed by atoms with Gasteiger partial charge in [0.1, 0.15) is 5.76 Å². The molecule has 26 heavy (non-hydrogen) atoms. The summed E-state index contributed by atoms with van der Waals surface area (Å²) in [5.74, 6) is 0.892. The number of hydrogen-bond acceptors (Lipinski definition) is 3. The monoisotopic (exact) mass is 366 g/mol. The average molecular weight is 366 g/mol. The Morgan fingerprint density at radius 3 is 2.77 bits per heavy atom. The molecular formula is C20H22N4OS. The van der Waals surface area contributed by atoms with Crippen molar-refractivity contribution in [2.45, 2.75) is 38.5 Å². The Morgan fingerprint density at radius 2 is 2.08 bits per heavy atom. The van der Waals surface area contributed by atoms with Crippen LogP contribution in [0.1, 0.15) is 49.1 Å². The zero-order valence-corrected chi connectivity index (χ0v) is 15.7. The highest BCUT2D eigenvalue weighted by Crippen LogP contribution is 2.40. The van der Waals surface area contributed by atoms with Gasteiger partial charge < -0.3 is 19.2 Å². The number of pyridine rings is 1. The van der Waals surface area contributed by atoms with Gasteiger partial charge in [-0.05, 0) is 62.5 Å². The van der Waals surface area contributed by atoms with Gasteiger partial charge in [-0.15, -0.1) is 0 Å². The van der Waals surface area contributed by atoms with E-state index >= 15 is 0 Å². The molecule has 1 aliphatic heterocycles. The lowest BCUT2D eigenvalue weighted by atomic mass is 10.0. The molecule has 4 heterocycles. The Bertz CT molecular complexity index is 872. The van der Waals surface area contributed by atoms with Crippen molar-refractivity contribution >= 4 is 17.3 Å². The fourth-order valence-corrected chi connectivity index (χ4v) is 3.90. The predicted molar refractivity (Wildman–Crippen MR) is 105 cm³/mol. The van der Waals surface area contributed by atoms with E-state index in [1.165, 1.54) is 5.69 Å². The highest BCUT2D eigenvalue weighted by molar-refractivity contribution is 7.80. The lowest BCUT2D eigenvalue weighted by Crippen LogP contribution is -2.30. The third-order valence-corrected chi connectivity index (χ3v) is 5.13. The van der Waals surface area contributed by atoms with Gasteiger partial charge in [0, 0.05) is 24.1 Å². The van der Waals surface area contributed by atoms with Crippen LogP contribution in [0.15, 0.2) is 65.5 Å². The highest BCUT2D eigenvalue weighted by Gasteiger charge is 2.41. The molecule has 1 N–H and O–H groups in total. The smallest absolute Gasteiger partial charge is 0.170 e. The molecule has 5 nitrogen and oxygen atoms in total. The molecular weight excluding hydrogens is 344 g/mol. The summed E-state index contributed by atoms with van der Waals surface area (Å²) < 4.78 is 7.87. The zero-order chi connectivity index (χ0) is 18.1. The molecule has 3 aromatic rings. The van der Waals surface area contributed by atoms with Crippen molar-refractivity contribution in [2.75, 3.05) is 0 Å². The molecule has 1 fully saturated rings. The van der Waals surface area contributed by atoms with Gasteiger partial charge in [0.05, 0.1) is 30.6 Å². The summed E-state index contributed by atoms with van der Waals surface area (Å²) >= 11 is 5.69. The number of hydrogen-bond donors (Lipinski definition) is 1. The molecule has 0 unspecified atom stereocenters. The van der Waals surface area contributed by atoms with Crippen LogP contribution in [0.3, 0.4) is 0 Å². The minimum Gasteiger partial charge on any atom is -0.467 e. The van der Waals surface area contributed by atoms with E-state index in [0.29, 0.717) is 12.6 Å². The molecule has 1 saturated heterocycles. The van der Waals surface area contributed by atoms with E-state index in [2.05, 4.69) is 51.9 Å². The molecule has 0 saturated carbocycles. The molecule has 4 rings (SSSR count). The van der Waals surface area contributed by atoms with Gasteiger partial charge in [-0.1, -0.05) is 6.07 Å². The van der Waals surface area contributed by atoms with Gasteiger partial charge in [0.25, 0.3) is 0 Å². The molecule has 3 aromatic heterocycles. The van der Waals surface area contributed by atoms with Gasteiger partial charge in [-0.3, -0.25) is 4.98 Å². The second-order valence-electron chi connectivity index (χ2n) is 6.77. The van der Waals surface area contributed by atoms with Crippen LogP contribution in [0.25, 0.3) is 0 Å². The quantitative estimate of drug-likeness (QED) is 0.685. The normalized spacial score (nSPS) is 20.0. The minimum absolute atomic E-state index is 0.00828. The van der Waals surface area contributed by atoms with E-state index in [-0.39, 0.29) is 12.1 Å². The number of furan rings is 1. The van der Waals surface area contributed by atoms with Crippen LogP contribution in [-0.2, 0) is 6.54 Å². The van der Waals surface area contributed by atoms with Crippen LogP contribution in [0.4, 0.5) is 0 Å². The van der Waals surface area contributed by atoms with Crippen molar-refractivity contribution in [2.24, 2.45) is 0 Å². The van der Waals surface area contributed by atoms with Gasteiger partial charge in [0.2, 0.25) is 0 Å². The predicted octanol–water partition coefficient (Wildman–Crippen LogP) is 4.23. The van der Waals surface area contributed by atoms with Crippen LogP contribution in [0.5, 0.6) is 0 Å².